The van der Waals surface area contributed by atoms with Crippen molar-refractivity contribution in [2.24, 2.45) is 11.1 Å². The molecule has 2 rings (SSSR count). The van der Waals surface area contributed by atoms with Crippen LogP contribution in [0.15, 0.2) is 48.6 Å². The molecule has 0 saturated carbocycles. The third kappa shape index (κ3) is 2.91. The third-order valence-electron chi connectivity index (χ3n) is 3.88. The number of benzene rings is 1. The summed E-state index contributed by atoms with van der Waals surface area (Å²) in [6.45, 7) is 4.36. The van der Waals surface area contributed by atoms with Gasteiger partial charge in [0.25, 0.3) is 0 Å². The van der Waals surface area contributed by atoms with E-state index in [0.717, 1.165) is 19.3 Å². The van der Waals surface area contributed by atoms with Gasteiger partial charge < -0.3 is 5.73 Å². The fourth-order valence-electron chi connectivity index (χ4n) is 2.76. The Morgan fingerprint density at radius 3 is 2.50 bits per heavy atom. The smallest absolute Gasteiger partial charge is 0.00188 e. The van der Waals surface area contributed by atoms with Crippen LogP contribution in [0.1, 0.15) is 38.7 Å². The standard InChI is InChI=1S/C17H23N/c1-3-17(13-14(2)18)11-9-16(10-12-17)15-7-5-4-6-8-15/h4-11,14H,3,12-13,18H2,1-2H3. The molecule has 0 bridgehead atoms. The van der Waals surface area contributed by atoms with Crippen LogP contribution in [-0.2, 0) is 0 Å². The lowest BCUT2D eigenvalue weighted by Gasteiger charge is -2.33. The van der Waals surface area contributed by atoms with E-state index in [1.165, 1.54) is 11.1 Å². The molecule has 1 heteroatoms. The number of hydrogen-bond donors (Lipinski definition) is 1. The summed E-state index contributed by atoms with van der Waals surface area (Å²) >= 11 is 0. The number of rotatable bonds is 4. The van der Waals surface area contributed by atoms with Crippen molar-refractivity contribution in [3.8, 4) is 0 Å². The SMILES string of the molecule is CCC1(CC(C)N)C=CC(c2ccccc2)=CC1. The van der Waals surface area contributed by atoms with Gasteiger partial charge in [0.1, 0.15) is 0 Å². The molecule has 0 saturated heterocycles. The summed E-state index contributed by atoms with van der Waals surface area (Å²) in [5.41, 5.74) is 8.89. The van der Waals surface area contributed by atoms with E-state index < -0.39 is 0 Å². The van der Waals surface area contributed by atoms with Gasteiger partial charge in [-0.2, -0.15) is 0 Å². The second-order valence-corrected chi connectivity index (χ2v) is 5.46. The van der Waals surface area contributed by atoms with Crippen LogP contribution >= 0.6 is 0 Å². The van der Waals surface area contributed by atoms with Crippen LogP contribution in [0.2, 0.25) is 0 Å². The predicted octanol–water partition coefficient (Wildman–Crippen LogP) is 4.16. The summed E-state index contributed by atoms with van der Waals surface area (Å²) in [7, 11) is 0. The van der Waals surface area contributed by atoms with E-state index >= 15 is 0 Å². The normalized spacial score (nSPS) is 24.7. The van der Waals surface area contributed by atoms with Gasteiger partial charge in [-0.25, -0.2) is 0 Å². The zero-order chi connectivity index (χ0) is 13.0. The summed E-state index contributed by atoms with van der Waals surface area (Å²) in [6, 6.07) is 10.8. The first-order valence-corrected chi connectivity index (χ1v) is 6.85. The molecular formula is C17H23N. The van der Waals surface area contributed by atoms with Gasteiger partial charge in [0, 0.05) is 6.04 Å². The molecule has 2 atom stereocenters. The summed E-state index contributed by atoms with van der Waals surface area (Å²) in [5, 5.41) is 0. The molecule has 1 aromatic carbocycles. The Morgan fingerprint density at radius 1 is 1.28 bits per heavy atom. The zero-order valence-electron chi connectivity index (χ0n) is 11.4. The zero-order valence-corrected chi connectivity index (χ0v) is 11.4. The molecule has 1 aromatic rings. The number of hydrogen-bond acceptors (Lipinski definition) is 1. The van der Waals surface area contributed by atoms with Gasteiger partial charge in [-0.15, -0.1) is 0 Å². The Kier molecular flexibility index (Phi) is 4.03. The lowest BCUT2D eigenvalue weighted by molar-refractivity contribution is 0.316. The first kappa shape index (κ1) is 13.1. The Labute approximate surface area is 110 Å². The summed E-state index contributed by atoms with van der Waals surface area (Å²) in [4.78, 5) is 0. The van der Waals surface area contributed by atoms with Crippen molar-refractivity contribution in [3.05, 3.63) is 54.1 Å². The van der Waals surface area contributed by atoms with Crippen molar-refractivity contribution in [3.63, 3.8) is 0 Å². The largest absolute Gasteiger partial charge is 0.328 e. The summed E-state index contributed by atoms with van der Waals surface area (Å²) in [5.74, 6) is 0. The van der Waals surface area contributed by atoms with E-state index in [9.17, 15) is 0 Å². The molecule has 1 aliphatic carbocycles. The van der Waals surface area contributed by atoms with E-state index in [-0.39, 0.29) is 11.5 Å². The van der Waals surface area contributed by atoms with Crippen LogP contribution in [0.25, 0.3) is 5.57 Å². The molecular weight excluding hydrogens is 218 g/mol. The van der Waals surface area contributed by atoms with E-state index in [4.69, 9.17) is 5.73 Å². The van der Waals surface area contributed by atoms with Gasteiger partial charge in [-0.3, -0.25) is 0 Å². The molecule has 2 unspecified atom stereocenters. The Bertz CT molecular complexity index is 442. The highest BCUT2D eigenvalue weighted by Crippen LogP contribution is 2.39. The second kappa shape index (κ2) is 5.53. The van der Waals surface area contributed by atoms with Crippen molar-refractivity contribution < 1.29 is 0 Å². The van der Waals surface area contributed by atoms with E-state index in [0.29, 0.717) is 0 Å². The van der Waals surface area contributed by atoms with Gasteiger partial charge in [0.2, 0.25) is 0 Å². The molecule has 0 radical (unpaired) electrons. The molecule has 1 aliphatic rings. The highest BCUT2D eigenvalue weighted by molar-refractivity contribution is 5.75. The molecule has 0 amide bonds. The highest BCUT2D eigenvalue weighted by atomic mass is 14.6. The maximum Gasteiger partial charge on any atom is 0.00188 e. The quantitative estimate of drug-likeness (QED) is 0.841. The molecule has 0 fully saturated rings. The van der Waals surface area contributed by atoms with Gasteiger partial charge in [0.15, 0.2) is 0 Å². The Hall–Kier alpha value is -1.34. The first-order valence-electron chi connectivity index (χ1n) is 6.85. The van der Waals surface area contributed by atoms with Crippen molar-refractivity contribution in [2.75, 3.05) is 0 Å². The van der Waals surface area contributed by atoms with Crippen LogP contribution in [0, 0.1) is 5.41 Å². The fourth-order valence-corrected chi connectivity index (χ4v) is 2.76. The second-order valence-electron chi connectivity index (χ2n) is 5.46. The maximum absolute atomic E-state index is 5.98. The minimum absolute atomic E-state index is 0.265. The van der Waals surface area contributed by atoms with Crippen LogP contribution < -0.4 is 5.73 Å². The van der Waals surface area contributed by atoms with Gasteiger partial charge in [-0.1, -0.05) is 55.5 Å². The summed E-state index contributed by atoms with van der Waals surface area (Å²) < 4.78 is 0. The van der Waals surface area contributed by atoms with E-state index in [1.807, 2.05) is 0 Å². The minimum atomic E-state index is 0.265. The lowest BCUT2D eigenvalue weighted by atomic mass is 9.73. The third-order valence-corrected chi connectivity index (χ3v) is 3.88. The maximum atomic E-state index is 5.98. The summed E-state index contributed by atoms with van der Waals surface area (Å²) in [6.07, 6.45) is 10.3. The molecule has 0 heterocycles. The fraction of sp³-hybridized carbons (Fsp3) is 0.412. The Morgan fingerprint density at radius 2 is 2.00 bits per heavy atom. The van der Waals surface area contributed by atoms with Crippen LogP contribution in [0.5, 0.6) is 0 Å². The van der Waals surface area contributed by atoms with Crippen LogP contribution in [0.4, 0.5) is 0 Å². The Balaban J connectivity index is 2.15. The van der Waals surface area contributed by atoms with Gasteiger partial charge in [-0.05, 0) is 42.7 Å². The predicted molar refractivity (Wildman–Crippen MR) is 79.2 cm³/mol. The van der Waals surface area contributed by atoms with Crippen LogP contribution in [0.3, 0.4) is 0 Å². The van der Waals surface area contributed by atoms with Crippen molar-refractivity contribution in [1.82, 2.24) is 0 Å². The molecule has 18 heavy (non-hydrogen) atoms. The monoisotopic (exact) mass is 241 g/mol. The topological polar surface area (TPSA) is 26.0 Å². The van der Waals surface area contributed by atoms with Crippen molar-refractivity contribution in [2.45, 2.75) is 39.2 Å². The van der Waals surface area contributed by atoms with E-state index in [1.54, 1.807) is 0 Å². The average Bonchev–Trinajstić information content (AvgIpc) is 2.40. The molecule has 0 aromatic heterocycles. The molecule has 0 aliphatic heterocycles. The van der Waals surface area contributed by atoms with Crippen molar-refractivity contribution >= 4 is 5.57 Å². The molecule has 0 spiro atoms. The van der Waals surface area contributed by atoms with Crippen molar-refractivity contribution in [1.29, 1.82) is 0 Å². The van der Waals surface area contributed by atoms with Gasteiger partial charge in [0.05, 0.1) is 0 Å². The van der Waals surface area contributed by atoms with Crippen LogP contribution in [-0.4, -0.2) is 6.04 Å². The minimum Gasteiger partial charge on any atom is -0.328 e. The lowest BCUT2D eigenvalue weighted by Crippen LogP contribution is -2.28. The number of allylic oxidation sites excluding steroid dienone is 4. The highest BCUT2D eigenvalue weighted by Gasteiger charge is 2.27. The first-order chi connectivity index (χ1) is 8.65. The number of nitrogens with two attached hydrogens (primary N) is 1. The van der Waals surface area contributed by atoms with Gasteiger partial charge >= 0.3 is 0 Å². The molecule has 96 valence electrons. The molecule has 2 N–H and O–H groups in total. The average molecular weight is 241 g/mol. The van der Waals surface area contributed by atoms with E-state index in [2.05, 4.69) is 62.4 Å². The molecule has 1 nitrogen and oxygen atoms in total.